The van der Waals surface area contributed by atoms with Crippen LogP contribution in [0.4, 0.5) is 0 Å². The minimum atomic E-state index is -3.65. The number of nitrogens with one attached hydrogen (secondary N) is 1. The number of sulfonamides is 1. The third kappa shape index (κ3) is 2.70. The molecule has 0 aliphatic rings. The lowest BCUT2D eigenvalue weighted by molar-refractivity contribution is 0.0691. The second-order valence-electron chi connectivity index (χ2n) is 3.94. The Labute approximate surface area is 115 Å². The molecular weight excluding hydrogens is 282 g/mol. The van der Waals surface area contributed by atoms with Gasteiger partial charge in [-0.05, 0) is 12.1 Å². The summed E-state index contributed by atoms with van der Waals surface area (Å²) in [5.41, 5.74) is 0.189. The van der Waals surface area contributed by atoms with E-state index in [1.165, 1.54) is 23.2 Å². The highest BCUT2D eigenvalue weighted by Gasteiger charge is 2.19. The smallest absolute Gasteiger partial charge is 0.356 e. The Balaban J connectivity index is 2.55. The van der Waals surface area contributed by atoms with Gasteiger partial charge in [-0.15, -0.1) is 0 Å². The number of carboxylic acids is 1. The normalized spacial score (nSPS) is 11.4. The van der Waals surface area contributed by atoms with Crippen molar-refractivity contribution in [3.05, 3.63) is 42.5 Å². The van der Waals surface area contributed by atoms with Crippen molar-refractivity contribution < 1.29 is 18.3 Å². The number of carbonyl (C=O) groups is 1. The highest BCUT2D eigenvalue weighted by atomic mass is 32.2. The standard InChI is InChI=1S/C12H13N3O4S/c1-2-14-20(18,19)11-6-4-3-5-10(11)15-7-9(12(16)17)13-8-15/h3-8,14H,2H2,1H3,(H,16,17). The number of carboxylic acid groups (broad SMARTS) is 1. The Hall–Kier alpha value is -2.19. The summed E-state index contributed by atoms with van der Waals surface area (Å²) in [4.78, 5) is 14.6. The summed E-state index contributed by atoms with van der Waals surface area (Å²) >= 11 is 0. The molecule has 0 radical (unpaired) electrons. The van der Waals surface area contributed by atoms with Crippen molar-refractivity contribution >= 4 is 16.0 Å². The molecule has 1 heterocycles. The molecule has 0 fully saturated rings. The second-order valence-corrected chi connectivity index (χ2v) is 5.68. The van der Waals surface area contributed by atoms with Crippen molar-refractivity contribution in [2.45, 2.75) is 11.8 Å². The van der Waals surface area contributed by atoms with E-state index < -0.39 is 16.0 Å². The topological polar surface area (TPSA) is 101 Å². The van der Waals surface area contributed by atoms with Gasteiger partial charge in [-0.1, -0.05) is 19.1 Å². The molecule has 7 nitrogen and oxygen atoms in total. The van der Waals surface area contributed by atoms with E-state index in [0.717, 1.165) is 0 Å². The zero-order valence-electron chi connectivity index (χ0n) is 10.6. The molecule has 106 valence electrons. The van der Waals surface area contributed by atoms with E-state index in [2.05, 4.69) is 9.71 Å². The zero-order chi connectivity index (χ0) is 14.8. The lowest BCUT2D eigenvalue weighted by atomic mass is 10.3. The van der Waals surface area contributed by atoms with E-state index in [9.17, 15) is 13.2 Å². The molecule has 0 bridgehead atoms. The van der Waals surface area contributed by atoms with Crippen molar-refractivity contribution in [1.82, 2.24) is 14.3 Å². The first-order valence-electron chi connectivity index (χ1n) is 5.82. The molecule has 20 heavy (non-hydrogen) atoms. The molecule has 2 aromatic rings. The van der Waals surface area contributed by atoms with Gasteiger partial charge in [0.05, 0.1) is 5.69 Å². The largest absolute Gasteiger partial charge is 0.476 e. The summed E-state index contributed by atoms with van der Waals surface area (Å²) in [6.07, 6.45) is 2.53. The van der Waals surface area contributed by atoms with Gasteiger partial charge in [-0.25, -0.2) is 22.9 Å². The van der Waals surface area contributed by atoms with E-state index in [4.69, 9.17) is 5.11 Å². The zero-order valence-corrected chi connectivity index (χ0v) is 11.5. The van der Waals surface area contributed by atoms with E-state index in [1.807, 2.05) is 0 Å². The van der Waals surface area contributed by atoms with Gasteiger partial charge < -0.3 is 9.67 Å². The van der Waals surface area contributed by atoms with E-state index in [1.54, 1.807) is 25.1 Å². The summed E-state index contributed by atoms with van der Waals surface area (Å²) in [6, 6.07) is 6.30. The van der Waals surface area contributed by atoms with Crippen LogP contribution in [-0.4, -0.2) is 35.6 Å². The van der Waals surface area contributed by atoms with Crippen molar-refractivity contribution in [3.8, 4) is 5.69 Å². The maximum absolute atomic E-state index is 12.1. The summed E-state index contributed by atoms with van der Waals surface area (Å²) < 4.78 is 28.0. The Bertz CT molecular complexity index is 737. The van der Waals surface area contributed by atoms with Crippen LogP contribution in [0.3, 0.4) is 0 Å². The molecule has 2 rings (SSSR count). The number of para-hydroxylation sites is 1. The number of hydrogen-bond donors (Lipinski definition) is 2. The van der Waals surface area contributed by atoms with Crippen molar-refractivity contribution in [1.29, 1.82) is 0 Å². The molecule has 0 aliphatic carbocycles. The molecule has 0 aliphatic heterocycles. The fourth-order valence-corrected chi connectivity index (χ4v) is 2.97. The molecular formula is C12H13N3O4S. The number of benzene rings is 1. The number of aromatic carboxylic acids is 1. The van der Waals surface area contributed by atoms with Crippen LogP contribution in [0.1, 0.15) is 17.4 Å². The Morgan fingerprint density at radius 3 is 2.70 bits per heavy atom. The van der Waals surface area contributed by atoms with E-state index in [-0.39, 0.29) is 17.1 Å². The van der Waals surface area contributed by atoms with E-state index in [0.29, 0.717) is 5.69 Å². The lowest BCUT2D eigenvalue weighted by Gasteiger charge is -2.10. The number of hydrogen-bond acceptors (Lipinski definition) is 4. The van der Waals surface area contributed by atoms with Crippen molar-refractivity contribution in [2.75, 3.05) is 6.54 Å². The van der Waals surface area contributed by atoms with Gasteiger partial charge in [0.25, 0.3) is 0 Å². The summed E-state index contributed by atoms with van der Waals surface area (Å²) in [7, 11) is -3.65. The molecule has 1 aromatic heterocycles. The highest BCUT2D eigenvalue weighted by Crippen LogP contribution is 2.19. The maximum atomic E-state index is 12.1. The van der Waals surface area contributed by atoms with Crippen molar-refractivity contribution in [3.63, 3.8) is 0 Å². The Kier molecular flexibility index (Phi) is 3.86. The molecule has 1 aromatic carbocycles. The van der Waals surface area contributed by atoms with Crippen LogP contribution >= 0.6 is 0 Å². The lowest BCUT2D eigenvalue weighted by Crippen LogP contribution is -2.24. The average molecular weight is 295 g/mol. The molecule has 2 N–H and O–H groups in total. The van der Waals surface area contributed by atoms with Gasteiger partial charge in [-0.2, -0.15) is 0 Å². The Morgan fingerprint density at radius 1 is 1.40 bits per heavy atom. The van der Waals surface area contributed by atoms with Crippen molar-refractivity contribution in [2.24, 2.45) is 0 Å². The molecule has 8 heteroatoms. The highest BCUT2D eigenvalue weighted by molar-refractivity contribution is 7.89. The van der Waals surface area contributed by atoms with Crippen LogP contribution < -0.4 is 4.72 Å². The SMILES string of the molecule is CCNS(=O)(=O)c1ccccc1-n1cnc(C(=O)O)c1. The van der Waals surface area contributed by atoms with Gasteiger partial charge >= 0.3 is 5.97 Å². The van der Waals surface area contributed by atoms with Gasteiger partial charge in [-0.3, -0.25) is 0 Å². The van der Waals surface area contributed by atoms with Crippen LogP contribution in [0.25, 0.3) is 5.69 Å². The summed E-state index contributed by atoms with van der Waals surface area (Å²) in [6.45, 7) is 1.95. The third-order valence-electron chi connectivity index (χ3n) is 2.57. The molecule has 0 spiro atoms. The van der Waals surface area contributed by atoms with Gasteiger partial charge in [0.15, 0.2) is 5.69 Å². The van der Waals surface area contributed by atoms with Crippen LogP contribution in [0.5, 0.6) is 0 Å². The minimum Gasteiger partial charge on any atom is -0.476 e. The molecule has 0 amide bonds. The van der Waals surface area contributed by atoms with E-state index >= 15 is 0 Å². The fraction of sp³-hybridized carbons (Fsp3) is 0.167. The predicted molar refractivity (Wildman–Crippen MR) is 71.4 cm³/mol. The van der Waals surface area contributed by atoms with Gasteiger partial charge in [0, 0.05) is 12.7 Å². The maximum Gasteiger partial charge on any atom is 0.356 e. The number of imidazole rings is 1. The first-order chi connectivity index (χ1) is 9.45. The van der Waals surface area contributed by atoms with Crippen LogP contribution in [0.15, 0.2) is 41.7 Å². The number of aromatic nitrogens is 2. The monoisotopic (exact) mass is 295 g/mol. The van der Waals surface area contributed by atoms with Crippen LogP contribution in [-0.2, 0) is 10.0 Å². The molecule has 0 saturated heterocycles. The number of nitrogens with zero attached hydrogens (tertiary/aromatic N) is 2. The number of rotatable bonds is 5. The first kappa shape index (κ1) is 14.2. The van der Waals surface area contributed by atoms with Gasteiger partial charge in [0.2, 0.25) is 10.0 Å². The molecule has 0 saturated carbocycles. The molecule has 0 atom stereocenters. The average Bonchev–Trinajstić information content (AvgIpc) is 2.88. The summed E-state index contributed by atoms with van der Waals surface area (Å²) in [5, 5.41) is 8.85. The summed E-state index contributed by atoms with van der Waals surface area (Å²) in [5.74, 6) is -1.17. The molecule has 0 unspecified atom stereocenters. The quantitative estimate of drug-likeness (QED) is 0.852. The Morgan fingerprint density at radius 2 is 2.10 bits per heavy atom. The minimum absolute atomic E-state index is 0.0659. The van der Waals surface area contributed by atoms with Crippen LogP contribution in [0.2, 0.25) is 0 Å². The third-order valence-corrected chi connectivity index (χ3v) is 4.16. The predicted octanol–water partition coefficient (Wildman–Crippen LogP) is 0.869. The van der Waals surface area contributed by atoms with Gasteiger partial charge in [0.1, 0.15) is 11.2 Å². The van der Waals surface area contributed by atoms with Crippen LogP contribution in [0, 0.1) is 0 Å². The fourth-order valence-electron chi connectivity index (χ4n) is 1.73. The first-order valence-corrected chi connectivity index (χ1v) is 7.30. The second kappa shape index (κ2) is 5.43.